The molecule has 0 aliphatic carbocycles. The van der Waals surface area contributed by atoms with Crippen molar-refractivity contribution in [3.05, 3.63) is 20.3 Å². The predicted octanol–water partition coefficient (Wildman–Crippen LogP) is -0.438. The van der Waals surface area contributed by atoms with Gasteiger partial charge in [0.1, 0.15) is 12.2 Å². The van der Waals surface area contributed by atoms with Gasteiger partial charge < -0.3 is 25.0 Å². The van der Waals surface area contributed by atoms with E-state index in [1.165, 1.54) is 13.1 Å². The number of nitrogens with zero attached hydrogens (tertiary/aromatic N) is 2. The second-order valence-electron chi connectivity index (χ2n) is 5.94. The van der Waals surface area contributed by atoms with Crippen molar-refractivity contribution < 1.29 is 29.3 Å². The van der Waals surface area contributed by atoms with Crippen LogP contribution in [0.5, 0.6) is 0 Å². The van der Waals surface area contributed by atoms with Gasteiger partial charge in [-0.15, -0.1) is 0 Å². The first-order chi connectivity index (χ1) is 12.7. The van der Waals surface area contributed by atoms with Crippen molar-refractivity contribution >= 4 is 40.4 Å². The zero-order chi connectivity index (χ0) is 20.1. The molecule has 4 atom stereocenters. The second kappa shape index (κ2) is 9.43. The zero-order valence-corrected chi connectivity index (χ0v) is 16.9. The minimum Gasteiger partial charge on any atom is -0.449 e. The molecule has 4 N–H and O–H groups in total. The fourth-order valence-electron chi connectivity index (χ4n) is 2.41. The first-order valence-corrected chi connectivity index (χ1v) is 9.27. The van der Waals surface area contributed by atoms with Gasteiger partial charge in [-0.05, 0) is 35.9 Å². The lowest BCUT2D eigenvalue weighted by Gasteiger charge is -2.18. The van der Waals surface area contributed by atoms with E-state index in [0.717, 1.165) is 4.57 Å². The van der Waals surface area contributed by atoms with Crippen LogP contribution in [0.2, 0.25) is 0 Å². The number of amides is 2. The summed E-state index contributed by atoms with van der Waals surface area (Å²) in [5.74, 6) is -0.165. The Morgan fingerprint density at radius 2 is 2.11 bits per heavy atom. The summed E-state index contributed by atoms with van der Waals surface area (Å²) in [6.07, 6.45) is -3.09. The molecule has 1 fully saturated rings. The normalized spacial score (nSPS) is 24.5. The third-order valence-electron chi connectivity index (χ3n) is 3.81. The number of hydrogen-bond donors (Lipinski definition) is 4. The van der Waals surface area contributed by atoms with Crippen molar-refractivity contribution in [2.75, 3.05) is 18.5 Å². The maximum Gasteiger partial charge on any atom is 0.412 e. The van der Waals surface area contributed by atoms with E-state index in [-0.39, 0.29) is 18.3 Å². The Morgan fingerprint density at radius 1 is 1.41 bits per heavy atom. The number of carbonyl (C=O) groups is 2. The van der Waals surface area contributed by atoms with Gasteiger partial charge >= 0.3 is 11.8 Å². The standard InChI is InChI=1S/C15H21IN4O7/c1-7-10(22)11(23)13(27-7)20-6-9(16)12(18-14(20)24)19-15(25)26-5-3-4-17-8(2)21/h6-7,10-11,13,22-23H,3-5H2,1-2H3,(H,17,21)(H,18,19,24,25)/t7-,10-,11-,13-/m1/s1. The summed E-state index contributed by atoms with van der Waals surface area (Å²) in [5, 5.41) is 24.7. The van der Waals surface area contributed by atoms with Gasteiger partial charge in [0, 0.05) is 19.7 Å². The molecule has 1 aliphatic rings. The molecule has 1 aromatic heterocycles. The predicted molar refractivity (Wildman–Crippen MR) is 101 cm³/mol. The Hall–Kier alpha value is -1.77. The molecule has 0 radical (unpaired) electrons. The SMILES string of the molecule is CC(=O)NCCCOC(=O)Nc1nc(=O)n([C@@H]2O[C@H](C)[C@@H](O)[C@H]2O)cc1I. The Labute approximate surface area is 168 Å². The number of aliphatic hydroxyl groups excluding tert-OH is 2. The lowest BCUT2D eigenvalue weighted by Crippen LogP contribution is -2.36. The van der Waals surface area contributed by atoms with Crippen LogP contribution < -0.4 is 16.3 Å². The second-order valence-corrected chi connectivity index (χ2v) is 7.10. The minimum absolute atomic E-state index is 0.00444. The lowest BCUT2D eigenvalue weighted by molar-refractivity contribution is -0.118. The highest BCUT2D eigenvalue weighted by molar-refractivity contribution is 14.1. The quantitative estimate of drug-likeness (QED) is 0.306. The monoisotopic (exact) mass is 496 g/mol. The van der Waals surface area contributed by atoms with Crippen LogP contribution in [0.3, 0.4) is 0 Å². The number of nitrogens with one attached hydrogen (secondary N) is 2. The van der Waals surface area contributed by atoms with E-state index in [4.69, 9.17) is 9.47 Å². The van der Waals surface area contributed by atoms with Gasteiger partial charge in [0.2, 0.25) is 5.91 Å². The van der Waals surface area contributed by atoms with Gasteiger partial charge in [-0.3, -0.25) is 14.7 Å². The summed E-state index contributed by atoms with van der Waals surface area (Å²) in [7, 11) is 0. The number of rotatable bonds is 6. The highest BCUT2D eigenvalue weighted by atomic mass is 127. The number of hydrogen-bond acceptors (Lipinski definition) is 8. The molecule has 150 valence electrons. The number of aliphatic hydroxyl groups is 2. The molecule has 12 heteroatoms. The van der Waals surface area contributed by atoms with Crippen LogP contribution >= 0.6 is 22.6 Å². The maximum atomic E-state index is 12.2. The largest absolute Gasteiger partial charge is 0.449 e. The molecule has 2 rings (SSSR count). The average molecular weight is 496 g/mol. The van der Waals surface area contributed by atoms with Gasteiger partial charge in [0.25, 0.3) is 0 Å². The maximum absolute atomic E-state index is 12.2. The molecule has 0 aromatic carbocycles. The average Bonchev–Trinajstić information content (AvgIpc) is 2.84. The first kappa shape index (κ1) is 21.5. The minimum atomic E-state index is -1.28. The number of halogens is 1. The van der Waals surface area contributed by atoms with Gasteiger partial charge in [0.15, 0.2) is 12.0 Å². The molecule has 0 saturated carbocycles. The summed E-state index contributed by atoms with van der Waals surface area (Å²) >= 11 is 1.86. The first-order valence-electron chi connectivity index (χ1n) is 8.19. The fraction of sp³-hybridized carbons (Fsp3) is 0.600. The fourth-order valence-corrected chi connectivity index (χ4v) is 2.96. The summed E-state index contributed by atoms with van der Waals surface area (Å²) in [5.41, 5.74) is -0.762. The number of carbonyl (C=O) groups excluding carboxylic acids is 2. The summed E-state index contributed by atoms with van der Waals surface area (Å²) in [4.78, 5) is 38.5. The van der Waals surface area contributed by atoms with E-state index in [9.17, 15) is 24.6 Å². The lowest BCUT2D eigenvalue weighted by atomic mass is 10.1. The molecule has 27 heavy (non-hydrogen) atoms. The Bertz CT molecular complexity index is 756. The molecule has 11 nitrogen and oxygen atoms in total. The zero-order valence-electron chi connectivity index (χ0n) is 14.7. The van der Waals surface area contributed by atoms with Gasteiger partial charge in [0.05, 0.1) is 16.3 Å². The Morgan fingerprint density at radius 3 is 2.70 bits per heavy atom. The van der Waals surface area contributed by atoms with Crippen molar-refractivity contribution in [2.24, 2.45) is 0 Å². The van der Waals surface area contributed by atoms with Gasteiger partial charge in [-0.2, -0.15) is 4.98 Å². The van der Waals surface area contributed by atoms with E-state index >= 15 is 0 Å². The Kier molecular flexibility index (Phi) is 7.52. The molecule has 0 unspecified atom stereocenters. The molecule has 1 aliphatic heterocycles. The summed E-state index contributed by atoms with van der Waals surface area (Å²) in [6.45, 7) is 3.43. The van der Waals surface area contributed by atoms with Gasteiger partial charge in [-0.25, -0.2) is 9.59 Å². The van der Waals surface area contributed by atoms with Crippen molar-refractivity contribution in [2.45, 2.75) is 44.8 Å². The van der Waals surface area contributed by atoms with E-state index in [0.29, 0.717) is 16.5 Å². The van der Waals surface area contributed by atoms with Crippen LogP contribution in [0.4, 0.5) is 10.6 Å². The third-order valence-corrected chi connectivity index (χ3v) is 4.60. The summed E-state index contributed by atoms with van der Waals surface area (Å²) in [6, 6.07) is 0. The molecule has 1 aromatic rings. The summed E-state index contributed by atoms with van der Waals surface area (Å²) < 4.78 is 11.8. The molecular formula is C15H21IN4O7. The smallest absolute Gasteiger partial charge is 0.412 e. The Balaban J connectivity index is 1.97. The van der Waals surface area contributed by atoms with Crippen LogP contribution in [-0.4, -0.2) is 63.2 Å². The van der Waals surface area contributed by atoms with Gasteiger partial charge in [-0.1, -0.05) is 0 Å². The molecule has 0 bridgehead atoms. The number of aromatic nitrogens is 2. The van der Waals surface area contributed by atoms with E-state index < -0.39 is 36.3 Å². The third kappa shape index (κ3) is 5.60. The number of ether oxygens (including phenoxy) is 2. The molecule has 2 amide bonds. The van der Waals surface area contributed by atoms with E-state index in [1.807, 2.05) is 22.6 Å². The highest BCUT2D eigenvalue weighted by Gasteiger charge is 2.42. The van der Waals surface area contributed by atoms with Crippen LogP contribution in [0.25, 0.3) is 0 Å². The van der Waals surface area contributed by atoms with E-state index in [2.05, 4.69) is 15.6 Å². The molecular weight excluding hydrogens is 475 g/mol. The van der Waals surface area contributed by atoms with Crippen molar-refractivity contribution in [3.8, 4) is 0 Å². The van der Waals surface area contributed by atoms with Crippen LogP contribution in [0.15, 0.2) is 11.0 Å². The van der Waals surface area contributed by atoms with Crippen LogP contribution in [0.1, 0.15) is 26.5 Å². The van der Waals surface area contributed by atoms with Crippen molar-refractivity contribution in [1.29, 1.82) is 0 Å². The van der Waals surface area contributed by atoms with Crippen molar-refractivity contribution in [1.82, 2.24) is 14.9 Å². The van der Waals surface area contributed by atoms with Crippen LogP contribution in [0, 0.1) is 3.57 Å². The number of anilines is 1. The van der Waals surface area contributed by atoms with Crippen LogP contribution in [-0.2, 0) is 14.3 Å². The molecule has 2 heterocycles. The topological polar surface area (TPSA) is 152 Å². The molecule has 1 saturated heterocycles. The van der Waals surface area contributed by atoms with E-state index in [1.54, 1.807) is 6.92 Å². The molecule has 0 spiro atoms. The highest BCUT2D eigenvalue weighted by Crippen LogP contribution is 2.28. The van der Waals surface area contributed by atoms with Crippen molar-refractivity contribution in [3.63, 3.8) is 0 Å².